The van der Waals surface area contributed by atoms with Gasteiger partial charge in [0.1, 0.15) is 17.2 Å². The molecule has 0 fully saturated rings. The number of rotatable bonds is 6. The van der Waals surface area contributed by atoms with Crippen LogP contribution in [0.25, 0.3) is 0 Å². The maximum Gasteiger partial charge on any atom is 0.146 e. The van der Waals surface area contributed by atoms with Gasteiger partial charge in [0.05, 0.1) is 11.6 Å². The van der Waals surface area contributed by atoms with Crippen molar-refractivity contribution in [1.82, 2.24) is 5.32 Å². The summed E-state index contributed by atoms with van der Waals surface area (Å²) in [6, 6.07) is 13.3. The van der Waals surface area contributed by atoms with E-state index in [1.807, 2.05) is 56.4 Å². The zero-order chi connectivity index (χ0) is 14.4. The lowest BCUT2D eigenvalue weighted by atomic mass is 10.2. The summed E-state index contributed by atoms with van der Waals surface area (Å²) in [6.07, 6.45) is 0. The van der Waals surface area contributed by atoms with E-state index in [1.54, 1.807) is 0 Å². The number of hydrogen-bond acceptors (Lipinski definition) is 3. The Hall–Kier alpha value is -1.71. The molecule has 0 unspecified atom stereocenters. The number of ether oxygens (including phenoxy) is 2. The standard InChI is InChI=1S/C16H18ClNO2/c1-3-19-13-5-4-6-14(10-13)20-16-8-7-12(11-18-2)9-15(16)17/h4-10,18H,3,11H2,1-2H3. The summed E-state index contributed by atoms with van der Waals surface area (Å²) in [5.74, 6) is 2.13. The monoisotopic (exact) mass is 291 g/mol. The molecule has 106 valence electrons. The van der Waals surface area contributed by atoms with Crippen molar-refractivity contribution in [3.8, 4) is 17.2 Å². The third kappa shape index (κ3) is 3.89. The lowest BCUT2D eigenvalue weighted by Crippen LogP contribution is -2.04. The minimum absolute atomic E-state index is 0.597. The smallest absolute Gasteiger partial charge is 0.146 e. The quantitative estimate of drug-likeness (QED) is 0.863. The van der Waals surface area contributed by atoms with Crippen LogP contribution in [0.15, 0.2) is 42.5 Å². The first-order valence-electron chi connectivity index (χ1n) is 6.56. The van der Waals surface area contributed by atoms with E-state index in [0.717, 1.165) is 17.9 Å². The fourth-order valence-electron chi connectivity index (χ4n) is 1.86. The maximum absolute atomic E-state index is 6.23. The Kier molecular flexibility index (Phi) is 5.27. The predicted octanol–water partition coefficient (Wildman–Crippen LogP) is 4.25. The van der Waals surface area contributed by atoms with Crippen molar-refractivity contribution >= 4 is 11.6 Å². The zero-order valence-corrected chi connectivity index (χ0v) is 12.4. The fourth-order valence-corrected chi connectivity index (χ4v) is 2.10. The van der Waals surface area contributed by atoms with Crippen LogP contribution >= 0.6 is 11.6 Å². The van der Waals surface area contributed by atoms with Crippen LogP contribution in [0.4, 0.5) is 0 Å². The van der Waals surface area contributed by atoms with Gasteiger partial charge in [-0.3, -0.25) is 0 Å². The van der Waals surface area contributed by atoms with E-state index >= 15 is 0 Å². The Morgan fingerprint density at radius 1 is 1.10 bits per heavy atom. The van der Waals surface area contributed by atoms with Gasteiger partial charge in [0.2, 0.25) is 0 Å². The molecule has 2 rings (SSSR count). The molecule has 0 bridgehead atoms. The number of nitrogens with one attached hydrogen (secondary N) is 1. The first-order chi connectivity index (χ1) is 9.72. The van der Waals surface area contributed by atoms with Crippen molar-refractivity contribution in [2.24, 2.45) is 0 Å². The van der Waals surface area contributed by atoms with Gasteiger partial charge >= 0.3 is 0 Å². The molecule has 0 atom stereocenters. The fraction of sp³-hybridized carbons (Fsp3) is 0.250. The SMILES string of the molecule is CCOc1cccc(Oc2ccc(CNC)cc2Cl)c1. The van der Waals surface area contributed by atoms with Gasteiger partial charge in [-0.2, -0.15) is 0 Å². The van der Waals surface area contributed by atoms with Crippen molar-refractivity contribution in [3.05, 3.63) is 53.1 Å². The zero-order valence-electron chi connectivity index (χ0n) is 11.7. The topological polar surface area (TPSA) is 30.5 Å². The third-order valence-electron chi connectivity index (χ3n) is 2.72. The second-order valence-electron chi connectivity index (χ2n) is 4.31. The highest BCUT2D eigenvalue weighted by Crippen LogP contribution is 2.31. The Morgan fingerprint density at radius 2 is 1.90 bits per heavy atom. The Balaban J connectivity index is 2.15. The van der Waals surface area contributed by atoms with Crippen molar-refractivity contribution in [2.75, 3.05) is 13.7 Å². The van der Waals surface area contributed by atoms with Gasteiger partial charge in [0.15, 0.2) is 0 Å². The molecule has 0 aromatic heterocycles. The predicted molar refractivity (Wildman–Crippen MR) is 81.9 cm³/mol. The van der Waals surface area contributed by atoms with E-state index in [1.165, 1.54) is 0 Å². The molecule has 0 saturated carbocycles. The first-order valence-corrected chi connectivity index (χ1v) is 6.94. The summed E-state index contributed by atoms with van der Waals surface area (Å²) in [7, 11) is 1.90. The molecule has 2 aromatic carbocycles. The van der Waals surface area contributed by atoms with E-state index in [9.17, 15) is 0 Å². The average Bonchev–Trinajstić information content (AvgIpc) is 2.43. The van der Waals surface area contributed by atoms with Crippen molar-refractivity contribution in [3.63, 3.8) is 0 Å². The van der Waals surface area contributed by atoms with Crippen LogP contribution in [0.2, 0.25) is 5.02 Å². The molecule has 20 heavy (non-hydrogen) atoms. The molecule has 3 nitrogen and oxygen atoms in total. The minimum atomic E-state index is 0.597. The Morgan fingerprint density at radius 3 is 2.60 bits per heavy atom. The molecule has 0 amide bonds. The van der Waals surface area contributed by atoms with E-state index < -0.39 is 0 Å². The highest BCUT2D eigenvalue weighted by molar-refractivity contribution is 6.32. The number of benzene rings is 2. The van der Waals surface area contributed by atoms with Crippen LogP contribution in [0.5, 0.6) is 17.2 Å². The van der Waals surface area contributed by atoms with Crippen LogP contribution < -0.4 is 14.8 Å². The van der Waals surface area contributed by atoms with Gasteiger partial charge < -0.3 is 14.8 Å². The van der Waals surface area contributed by atoms with Crippen LogP contribution in [0.3, 0.4) is 0 Å². The summed E-state index contributed by atoms with van der Waals surface area (Å²) in [5, 5.41) is 3.68. The molecule has 0 aliphatic rings. The second-order valence-corrected chi connectivity index (χ2v) is 4.71. The lowest BCUT2D eigenvalue weighted by Gasteiger charge is -2.10. The minimum Gasteiger partial charge on any atom is -0.494 e. The van der Waals surface area contributed by atoms with Gasteiger partial charge in [-0.05, 0) is 43.8 Å². The summed E-state index contributed by atoms with van der Waals surface area (Å²) < 4.78 is 11.2. The molecule has 2 aromatic rings. The molecule has 1 N–H and O–H groups in total. The summed E-state index contributed by atoms with van der Waals surface area (Å²) in [4.78, 5) is 0. The van der Waals surface area contributed by atoms with Gasteiger partial charge in [-0.25, -0.2) is 0 Å². The first kappa shape index (κ1) is 14.7. The number of hydrogen-bond donors (Lipinski definition) is 1. The average molecular weight is 292 g/mol. The second kappa shape index (κ2) is 7.17. The molecule has 0 aliphatic heterocycles. The highest BCUT2D eigenvalue weighted by Gasteiger charge is 2.05. The van der Waals surface area contributed by atoms with Crippen molar-refractivity contribution in [1.29, 1.82) is 0 Å². The van der Waals surface area contributed by atoms with E-state index in [0.29, 0.717) is 23.1 Å². The molecular weight excluding hydrogens is 274 g/mol. The van der Waals surface area contributed by atoms with Gasteiger partial charge in [-0.15, -0.1) is 0 Å². The molecule has 0 heterocycles. The maximum atomic E-state index is 6.23. The lowest BCUT2D eigenvalue weighted by molar-refractivity contribution is 0.338. The molecular formula is C16H18ClNO2. The van der Waals surface area contributed by atoms with Gasteiger partial charge in [0.25, 0.3) is 0 Å². The van der Waals surface area contributed by atoms with Crippen molar-refractivity contribution in [2.45, 2.75) is 13.5 Å². The van der Waals surface area contributed by atoms with E-state index in [4.69, 9.17) is 21.1 Å². The highest BCUT2D eigenvalue weighted by atomic mass is 35.5. The van der Waals surface area contributed by atoms with E-state index in [-0.39, 0.29) is 0 Å². The normalized spacial score (nSPS) is 10.3. The number of halogens is 1. The summed E-state index contributed by atoms with van der Waals surface area (Å²) in [5.41, 5.74) is 1.12. The molecule has 0 aliphatic carbocycles. The van der Waals surface area contributed by atoms with Gasteiger partial charge in [-0.1, -0.05) is 23.7 Å². The van der Waals surface area contributed by atoms with Crippen molar-refractivity contribution < 1.29 is 9.47 Å². The van der Waals surface area contributed by atoms with Crippen LogP contribution in [0.1, 0.15) is 12.5 Å². The molecule has 4 heteroatoms. The van der Waals surface area contributed by atoms with Crippen LogP contribution in [-0.4, -0.2) is 13.7 Å². The molecule has 0 spiro atoms. The largest absolute Gasteiger partial charge is 0.494 e. The summed E-state index contributed by atoms with van der Waals surface area (Å²) in [6.45, 7) is 3.35. The Bertz CT molecular complexity index is 572. The van der Waals surface area contributed by atoms with Crippen LogP contribution in [-0.2, 0) is 6.54 Å². The Labute approximate surface area is 124 Å². The van der Waals surface area contributed by atoms with Crippen LogP contribution in [0, 0.1) is 0 Å². The third-order valence-corrected chi connectivity index (χ3v) is 3.02. The summed E-state index contributed by atoms with van der Waals surface area (Å²) >= 11 is 6.23. The van der Waals surface area contributed by atoms with E-state index in [2.05, 4.69) is 5.32 Å². The van der Waals surface area contributed by atoms with Gasteiger partial charge in [0, 0.05) is 12.6 Å². The molecule has 0 saturated heterocycles. The molecule has 0 radical (unpaired) electrons.